The van der Waals surface area contributed by atoms with E-state index < -0.39 is 52.8 Å². The van der Waals surface area contributed by atoms with Crippen LogP contribution in [0.4, 0.5) is 16.2 Å². The number of nitro groups is 1. The molecule has 3 atom stereocenters. The molecule has 0 radical (unpaired) electrons. The van der Waals surface area contributed by atoms with Crippen LogP contribution >= 0.6 is 0 Å². The maximum Gasteiger partial charge on any atom is 0.408 e. The molecule has 0 aliphatic carbocycles. The number of hydrogen-bond acceptors (Lipinski definition) is 8. The Balaban J connectivity index is 1.74. The summed E-state index contributed by atoms with van der Waals surface area (Å²) in [4.78, 5) is 67.8. The van der Waals surface area contributed by atoms with Gasteiger partial charge in [-0.15, -0.1) is 0 Å². The minimum Gasteiger partial charge on any atom is -0.445 e. The number of amides is 4. The summed E-state index contributed by atoms with van der Waals surface area (Å²) >= 11 is 0. The van der Waals surface area contributed by atoms with E-state index in [4.69, 9.17) is 16.2 Å². The molecule has 49 heavy (non-hydrogen) atoms. The summed E-state index contributed by atoms with van der Waals surface area (Å²) in [5, 5.41) is 21.7. The van der Waals surface area contributed by atoms with Crippen molar-refractivity contribution in [1.82, 2.24) is 16.0 Å². The molecule has 260 valence electrons. The molecule has 3 aromatic rings. The van der Waals surface area contributed by atoms with Crippen LogP contribution in [0.15, 0.2) is 89.9 Å². The van der Waals surface area contributed by atoms with Gasteiger partial charge in [0.2, 0.25) is 17.7 Å². The summed E-state index contributed by atoms with van der Waals surface area (Å²) in [5.41, 5.74) is 12.5. The van der Waals surface area contributed by atoms with Gasteiger partial charge >= 0.3 is 6.09 Å². The molecule has 0 aliphatic heterocycles. The number of benzene rings is 3. The van der Waals surface area contributed by atoms with Gasteiger partial charge in [-0.25, -0.2) is 4.79 Å². The molecule has 0 unspecified atom stereocenters. The van der Waals surface area contributed by atoms with Crippen molar-refractivity contribution in [2.75, 3.05) is 11.9 Å². The number of nitro benzene ring substituents is 1. The van der Waals surface area contributed by atoms with Crippen LogP contribution in [0.3, 0.4) is 0 Å². The summed E-state index contributed by atoms with van der Waals surface area (Å²) in [6.45, 7) is 3.64. The Bertz CT molecular complexity index is 1580. The molecule has 15 nitrogen and oxygen atoms in total. The van der Waals surface area contributed by atoms with Crippen LogP contribution in [-0.4, -0.2) is 59.4 Å². The van der Waals surface area contributed by atoms with Gasteiger partial charge in [0.05, 0.1) is 4.92 Å². The van der Waals surface area contributed by atoms with Crippen LogP contribution in [-0.2, 0) is 32.1 Å². The van der Waals surface area contributed by atoms with Crippen LogP contribution in [0.2, 0.25) is 0 Å². The van der Waals surface area contributed by atoms with E-state index in [0.29, 0.717) is 6.42 Å². The fourth-order valence-electron chi connectivity index (χ4n) is 4.68. The lowest BCUT2D eigenvalue weighted by molar-refractivity contribution is -0.384. The predicted octanol–water partition coefficient (Wildman–Crippen LogP) is 2.75. The number of nitrogens with one attached hydrogen (secondary N) is 4. The van der Waals surface area contributed by atoms with Crippen molar-refractivity contribution < 1.29 is 28.8 Å². The number of rotatable bonds is 17. The first-order chi connectivity index (χ1) is 23.4. The maximum atomic E-state index is 13.7. The Morgan fingerprint density at radius 1 is 0.796 bits per heavy atom. The largest absolute Gasteiger partial charge is 0.445 e. The molecule has 0 spiro atoms. The molecular formula is C34H42N8O7. The molecule has 0 aliphatic rings. The summed E-state index contributed by atoms with van der Waals surface area (Å²) in [6, 6.07) is 20.1. The molecule has 0 saturated heterocycles. The summed E-state index contributed by atoms with van der Waals surface area (Å²) in [5.74, 6) is -2.41. The predicted molar refractivity (Wildman–Crippen MR) is 184 cm³/mol. The first kappa shape index (κ1) is 37.5. The van der Waals surface area contributed by atoms with E-state index in [9.17, 15) is 29.3 Å². The van der Waals surface area contributed by atoms with Gasteiger partial charge in [-0.2, -0.15) is 0 Å². The number of guanidine groups is 1. The van der Waals surface area contributed by atoms with Gasteiger partial charge in [-0.05, 0) is 42.0 Å². The van der Waals surface area contributed by atoms with Gasteiger partial charge in [0.25, 0.3) is 5.69 Å². The highest BCUT2D eigenvalue weighted by Crippen LogP contribution is 2.16. The van der Waals surface area contributed by atoms with Crippen molar-refractivity contribution in [3.05, 3.63) is 106 Å². The van der Waals surface area contributed by atoms with Gasteiger partial charge in [0.15, 0.2) is 5.96 Å². The summed E-state index contributed by atoms with van der Waals surface area (Å²) in [6.07, 6.45) is -0.242. The van der Waals surface area contributed by atoms with Crippen molar-refractivity contribution in [3.63, 3.8) is 0 Å². The summed E-state index contributed by atoms with van der Waals surface area (Å²) < 4.78 is 5.34. The standard InChI is InChI=1S/C34H42N8O7/c1-22(2)29(32(45)39-27(14-9-19-37-33(35)36)30(43)38-25-15-17-26(18-16-25)42(47)48)41-31(44)28(20-23-10-5-3-6-11-23)40-34(46)49-21-24-12-7-4-8-13-24/h3-8,10-13,15-18,22,27-29H,9,14,19-21H2,1-2H3,(H,38,43)(H,39,45)(H,40,46)(H,41,44)(H4,35,36,37)/t27-,28-,29-/m1/s1. The molecule has 0 saturated carbocycles. The number of nitrogens with zero attached hydrogens (tertiary/aromatic N) is 2. The first-order valence-corrected chi connectivity index (χ1v) is 15.7. The number of nitrogens with two attached hydrogens (primary N) is 2. The topological polar surface area (TPSA) is 233 Å². The number of carbonyl (C=O) groups is 4. The smallest absolute Gasteiger partial charge is 0.408 e. The highest BCUT2D eigenvalue weighted by Gasteiger charge is 2.32. The average Bonchev–Trinajstić information content (AvgIpc) is 3.08. The Hall–Kier alpha value is -5.99. The van der Waals surface area contributed by atoms with Crippen LogP contribution in [0.25, 0.3) is 0 Å². The molecule has 0 aromatic heterocycles. The molecule has 3 rings (SSSR count). The van der Waals surface area contributed by atoms with Crippen LogP contribution in [0.5, 0.6) is 0 Å². The number of anilines is 1. The van der Waals surface area contributed by atoms with E-state index in [1.54, 1.807) is 50.2 Å². The quantitative estimate of drug-likeness (QED) is 0.0406. The molecule has 4 amide bonds. The lowest BCUT2D eigenvalue weighted by atomic mass is 10.00. The van der Waals surface area contributed by atoms with E-state index in [0.717, 1.165) is 11.1 Å². The van der Waals surface area contributed by atoms with Gasteiger partial charge in [0, 0.05) is 30.8 Å². The van der Waals surface area contributed by atoms with Crippen molar-refractivity contribution in [2.24, 2.45) is 22.4 Å². The van der Waals surface area contributed by atoms with E-state index in [1.165, 1.54) is 24.3 Å². The normalized spacial score (nSPS) is 12.5. The Morgan fingerprint density at radius 2 is 1.41 bits per heavy atom. The number of ether oxygens (including phenoxy) is 1. The minimum absolute atomic E-state index is 0.00408. The van der Waals surface area contributed by atoms with Gasteiger partial charge in [-0.3, -0.25) is 29.5 Å². The van der Waals surface area contributed by atoms with E-state index in [1.807, 2.05) is 24.3 Å². The Kier molecular flexibility index (Phi) is 14.5. The number of hydrogen-bond donors (Lipinski definition) is 6. The van der Waals surface area contributed by atoms with Gasteiger partial charge in [-0.1, -0.05) is 74.5 Å². The third-order valence-corrected chi connectivity index (χ3v) is 7.27. The third kappa shape index (κ3) is 13.0. The maximum absolute atomic E-state index is 13.7. The fraction of sp³-hybridized carbons (Fsp3) is 0.324. The van der Waals surface area contributed by atoms with E-state index >= 15 is 0 Å². The number of alkyl carbamates (subject to hydrolysis) is 1. The van der Waals surface area contributed by atoms with Gasteiger partial charge in [0.1, 0.15) is 24.7 Å². The van der Waals surface area contributed by atoms with Crippen LogP contribution in [0.1, 0.15) is 37.8 Å². The van der Waals surface area contributed by atoms with Crippen molar-refractivity contribution in [2.45, 2.75) is 57.8 Å². The third-order valence-electron chi connectivity index (χ3n) is 7.27. The molecule has 15 heteroatoms. The lowest BCUT2D eigenvalue weighted by Crippen LogP contribution is -2.58. The molecular weight excluding hydrogens is 632 g/mol. The highest BCUT2D eigenvalue weighted by molar-refractivity contribution is 5.99. The van der Waals surface area contributed by atoms with Crippen molar-refractivity contribution in [3.8, 4) is 0 Å². The SMILES string of the molecule is CC(C)[C@@H](NC(=O)[C@@H](Cc1ccccc1)NC(=O)OCc1ccccc1)C(=O)N[C@H](CCCN=C(N)N)C(=O)Nc1ccc([N+](=O)[O-])cc1. The fourth-order valence-corrected chi connectivity index (χ4v) is 4.68. The van der Waals surface area contributed by atoms with E-state index in [-0.39, 0.29) is 43.3 Å². The first-order valence-electron chi connectivity index (χ1n) is 15.7. The average molecular weight is 675 g/mol. The van der Waals surface area contributed by atoms with Crippen molar-refractivity contribution >= 4 is 41.1 Å². The van der Waals surface area contributed by atoms with Gasteiger partial charge < -0.3 is 37.5 Å². The second kappa shape index (κ2) is 19.0. The zero-order chi connectivity index (χ0) is 35.8. The Morgan fingerprint density at radius 3 is 1.98 bits per heavy atom. The molecule has 0 heterocycles. The van der Waals surface area contributed by atoms with Crippen LogP contribution < -0.4 is 32.7 Å². The zero-order valence-electron chi connectivity index (χ0n) is 27.3. The molecule has 0 fully saturated rings. The summed E-state index contributed by atoms with van der Waals surface area (Å²) in [7, 11) is 0. The van der Waals surface area contributed by atoms with Crippen molar-refractivity contribution in [1.29, 1.82) is 0 Å². The number of aliphatic imine (C=N–C) groups is 1. The Labute approximate surface area is 284 Å². The molecule has 3 aromatic carbocycles. The second-order valence-electron chi connectivity index (χ2n) is 11.5. The number of non-ortho nitro benzene ring substituents is 1. The zero-order valence-corrected chi connectivity index (χ0v) is 27.3. The lowest BCUT2D eigenvalue weighted by Gasteiger charge is -2.27. The molecule has 8 N–H and O–H groups in total. The second-order valence-corrected chi connectivity index (χ2v) is 11.5. The monoisotopic (exact) mass is 674 g/mol. The highest BCUT2D eigenvalue weighted by atomic mass is 16.6. The van der Waals surface area contributed by atoms with E-state index in [2.05, 4.69) is 26.3 Å². The molecule has 0 bridgehead atoms. The number of carbonyl (C=O) groups excluding carboxylic acids is 4. The minimum atomic E-state index is -1.10. The van der Waals surface area contributed by atoms with Crippen LogP contribution in [0, 0.1) is 16.0 Å².